The minimum absolute atomic E-state index is 0.00947. The lowest BCUT2D eigenvalue weighted by atomic mass is 10.1. The maximum Gasteiger partial charge on any atom is 0.254 e. The van der Waals surface area contributed by atoms with Crippen LogP contribution in [0.2, 0.25) is 0 Å². The summed E-state index contributed by atoms with van der Waals surface area (Å²) in [6.07, 6.45) is 2.79. The zero-order valence-electron chi connectivity index (χ0n) is 15.8. The molecule has 140 valence electrons. The number of aromatic nitrogens is 2. The lowest BCUT2D eigenvalue weighted by molar-refractivity contribution is 0.0790. The number of methoxy groups -OCH3 is 2. The van der Waals surface area contributed by atoms with Crippen LogP contribution in [0.5, 0.6) is 11.5 Å². The molecule has 1 atom stereocenters. The normalized spacial score (nSPS) is 17.0. The van der Waals surface area contributed by atoms with E-state index < -0.39 is 0 Å². The molecular formula is C19H26N4O3. The van der Waals surface area contributed by atoms with E-state index >= 15 is 0 Å². The van der Waals surface area contributed by atoms with E-state index in [0.717, 1.165) is 24.5 Å². The molecule has 1 saturated heterocycles. The zero-order chi connectivity index (χ0) is 18.7. The largest absolute Gasteiger partial charge is 0.497 e. The standard InChI is InChI=1S/C19H26N4O3/c1-22(2)12-15-10-20-18(21-15)13-5-6-23(11-13)19(24)14-7-16(25-3)9-17(8-14)26-4/h7-10,13H,5-6,11-12H2,1-4H3,(H,20,21)/t13-/m1/s1. The van der Waals surface area contributed by atoms with Crippen molar-refractivity contribution >= 4 is 5.91 Å². The summed E-state index contributed by atoms with van der Waals surface area (Å²) in [6.45, 7) is 2.20. The summed E-state index contributed by atoms with van der Waals surface area (Å²) in [6, 6.07) is 5.26. The van der Waals surface area contributed by atoms with E-state index in [1.54, 1.807) is 32.4 Å². The van der Waals surface area contributed by atoms with E-state index in [0.29, 0.717) is 30.2 Å². The molecule has 7 heteroatoms. The van der Waals surface area contributed by atoms with Crippen molar-refractivity contribution in [3.8, 4) is 11.5 Å². The van der Waals surface area contributed by atoms with Crippen molar-refractivity contribution in [2.24, 2.45) is 0 Å². The fourth-order valence-electron chi connectivity index (χ4n) is 3.29. The molecule has 0 saturated carbocycles. The number of hydrogen-bond acceptors (Lipinski definition) is 5. The van der Waals surface area contributed by atoms with Gasteiger partial charge in [-0.25, -0.2) is 4.98 Å². The van der Waals surface area contributed by atoms with Gasteiger partial charge in [-0.15, -0.1) is 0 Å². The van der Waals surface area contributed by atoms with Crippen LogP contribution < -0.4 is 9.47 Å². The molecule has 1 amide bonds. The highest BCUT2D eigenvalue weighted by Gasteiger charge is 2.30. The van der Waals surface area contributed by atoms with Gasteiger partial charge in [0.25, 0.3) is 5.91 Å². The van der Waals surface area contributed by atoms with Crippen LogP contribution in [-0.4, -0.2) is 67.1 Å². The van der Waals surface area contributed by atoms with E-state index in [1.165, 1.54) is 0 Å². The van der Waals surface area contributed by atoms with Gasteiger partial charge in [-0.1, -0.05) is 0 Å². The lowest BCUT2D eigenvalue weighted by Crippen LogP contribution is -2.28. The van der Waals surface area contributed by atoms with Gasteiger partial charge in [0, 0.05) is 49.1 Å². The van der Waals surface area contributed by atoms with E-state index in [-0.39, 0.29) is 11.8 Å². The summed E-state index contributed by atoms with van der Waals surface area (Å²) < 4.78 is 10.5. The van der Waals surface area contributed by atoms with Gasteiger partial charge in [0.2, 0.25) is 0 Å². The van der Waals surface area contributed by atoms with Crippen molar-refractivity contribution in [3.05, 3.63) is 41.5 Å². The van der Waals surface area contributed by atoms with Crippen LogP contribution >= 0.6 is 0 Å². The second-order valence-corrected chi connectivity index (χ2v) is 6.87. The van der Waals surface area contributed by atoms with E-state index in [1.807, 2.05) is 25.2 Å². The number of H-pyrrole nitrogens is 1. The molecule has 1 aromatic carbocycles. The molecule has 26 heavy (non-hydrogen) atoms. The van der Waals surface area contributed by atoms with Crippen LogP contribution in [0.1, 0.15) is 34.2 Å². The summed E-state index contributed by atoms with van der Waals surface area (Å²) in [5.74, 6) is 2.41. The molecule has 1 aliphatic heterocycles. The average molecular weight is 358 g/mol. The Morgan fingerprint density at radius 1 is 1.27 bits per heavy atom. The topological polar surface area (TPSA) is 70.7 Å². The minimum Gasteiger partial charge on any atom is -0.497 e. The Morgan fingerprint density at radius 2 is 1.96 bits per heavy atom. The highest BCUT2D eigenvalue weighted by Crippen LogP contribution is 2.29. The highest BCUT2D eigenvalue weighted by atomic mass is 16.5. The molecule has 0 spiro atoms. The lowest BCUT2D eigenvalue weighted by Gasteiger charge is -2.17. The first-order valence-corrected chi connectivity index (χ1v) is 8.71. The second kappa shape index (κ2) is 7.78. The van der Waals surface area contributed by atoms with Crippen LogP contribution in [-0.2, 0) is 6.54 Å². The van der Waals surface area contributed by atoms with Crippen molar-refractivity contribution in [2.45, 2.75) is 18.9 Å². The van der Waals surface area contributed by atoms with Gasteiger partial charge in [0.1, 0.15) is 17.3 Å². The van der Waals surface area contributed by atoms with Crippen molar-refractivity contribution in [1.29, 1.82) is 0 Å². The molecule has 1 fully saturated rings. The fourth-order valence-corrected chi connectivity index (χ4v) is 3.29. The summed E-state index contributed by atoms with van der Waals surface area (Å²) in [4.78, 5) is 24.8. The summed E-state index contributed by atoms with van der Waals surface area (Å²) in [5, 5.41) is 0. The number of hydrogen-bond donors (Lipinski definition) is 1. The van der Waals surface area contributed by atoms with Crippen molar-refractivity contribution in [1.82, 2.24) is 19.8 Å². The molecule has 0 aliphatic carbocycles. The number of nitrogens with zero attached hydrogens (tertiary/aromatic N) is 3. The predicted molar refractivity (Wildman–Crippen MR) is 98.8 cm³/mol. The zero-order valence-corrected chi connectivity index (χ0v) is 15.8. The molecular weight excluding hydrogens is 332 g/mol. The second-order valence-electron chi connectivity index (χ2n) is 6.87. The number of likely N-dealkylation sites (tertiary alicyclic amines) is 1. The number of carbonyl (C=O) groups is 1. The first kappa shape index (κ1) is 18.3. The van der Waals surface area contributed by atoms with Crippen LogP contribution in [0.4, 0.5) is 0 Å². The van der Waals surface area contributed by atoms with Crippen molar-refractivity contribution in [3.63, 3.8) is 0 Å². The number of carbonyl (C=O) groups excluding carboxylic acids is 1. The number of nitrogens with one attached hydrogen (secondary N) is 1. The van der Waals surface area contributed by atoms with Gasteiger partial charge in [-0.05, 0) is 32.6 Å². The molecule has 0 unspecified atom stereocenters. The van der Waals surface area contributed by atoms with Gasteiger partial charge < -0.3 is 24.3 Å². The molecule has 1 aliphatic rings. The summed E-state index contributed by atoms with van der Waals surface area (Å²) in [7, 11) is 7.21. The average Bonchev–Trinajstić information content (AvgIpc) is 3.29. The third kappa shape index (κ3) is 3.99. The Morgan fingerprint density at radius 3 is 2.58 bits per heavy atom. The van der Waals surface area contributed by atoms with Crippen LogP contribution in [0.3, 0.4) is 0 Å². The van der Waals surface area contributed by atoms with Gasteiger partial charge in [-0.3, -0.25) is 4.79 Å². The van der Waals surface area contributed by atoms with Gasteiger partial charge in [-0.2, -0.15) is 0 Å². The molecule has 1 aromatic heterocycles. The Bertz CT molecular complexity index is 750. The Balaban J connectivity index is 1.70. The van der Waals surface area contributed by atoms with Gasteiger partial charge >= 0.3 is 0 Å². The number of ether oxygens (including phenoxy) is 2. The molecule has 7 nitrogen and oxygen atoms in total. The van der Waals surface area contributed by atoms with Crippen LogP contribution in [0.25, 0.3) is 0 Å². The molecule has 3 rings (SSSR count). The van der Waals surface area contributed by atoms with Crippen LogP contribution in [0, 0.1) is 0 Å². The summed E-state index contributed by atoms with van der Waals surface area (Å²) >= 11 is 0. The molecule has 2 heterocycles. The number of benzene rings is 1. The van der Waals surface area contributed by atoms with E-state index in [2.05, 4.69) is 14.9 Å². The van der Waals surface area contributed by atoms with Crippen molar-refractivity contribution in [2.75, 3.05) is 41.4 Å². The predicted octanol–water partition coefficient (Wildman–Crippen LogP) is 2.12. The van der Waals surface area contributed by atoms with E-state index in [9.17, 15) is 4.79 Å². The first-order valence-electron chi connectivity index (χ1n) is 8.71. The molecule has 0 bridgehead atoms. The number of aromatic amines is 1. The number of imidazole rings is 1. The quantitative estimate of drug-likeness (QED) is 0.856. The number of amides is 1. The first-order chi connectivity index (χ1) is 12.5. The number of rotatable bonds is 6. The molecule has 2 aromatic rings. The van der Waals surface area contributed by atoms with E-state index in [4.69, 9.17) is 9.47 Å². The van der Waals surface area contributed by atoms with Gasteiger partial charge in [0.15, 0.2) is 0 Å². The van der Waals surface area contributed by atoms with Crippen LogP contribution in [0.15, 0.2) is 24.4 Å². The third-order valence-corrected chi connectivity index (χ3v) is 4.60. The molecule has 0 radical (unpaired) electrons. The third-order valence-electron chi connectivity index (χ3n) is 4.60. The Kier molecular flexibility index (Phi) is 5.46. The maximum absolute atomic E-state index is 12.9. The Hall–Kier alpha value is -2.54. The van der Waals surface area contributed by atoms with Gasteiger partial charge in [0.05, 0.1) is 14.2 Å². The SMILES string of the molecule is COc1cc(OC)cc(C(=O)N2CC[C@@H](c3ncc(CN(C)C)[nH]3)C2)c1. The fraction of sp³-hybridized carbons (Fsp3) is 0.474. The minimum atomic E-state index is -0.00947. The maximum atomic E-state index is 12.9. The van der Waals surface area contributed by atoms with Crippen molar-refractivity contribution < 1.29 is 14.3 Å². The molecule has 1 N–H and O–H groups in total. The smallest absolute Gasteiger partial charge is 0.254 e. The summed E-state index contributed by atoms with van der Waals surface area (Å²) in [5.41, 5.74) is 1.67. The monoisotopic (exact) mass is 358 g/mol. The Labute approximate surface area is 153 Å². The highest BCUT2D eigenvalue weighted by molar-refractivity contribution is 5.95.